The van der Waals surface area contributed by atoms with Gasteiger partial charge in [0.25, 0.3) is 0 Å². The van der Waals surface area contributed by atoms with Crippen LogP contribution >= 0.6 is 0 Å². The Hall–Kier alpha value is -0.570. The molecule has 3 heteroatoms. The van der Waals surface area contributed by atoms with Crippen LogP contribution in [0.5, 0.6) is 0 Å². The fourth-order valence-corrected chi connectivity index (χ4v) is 2.30. The van der Waals surface area contributed by atoms with Crippen LogP contribution in [0.25, 0.3) is 0 Å². The number of hydrogen-bond donors (Lipinski definition) is 1. The highest BCUT2D eigenvalue weighted by molar-refractivity contribution is 5.75. The summed E-state index contributed by atoms with van der Waals surface area (Å²) < 4.78 is 5.55. The molecule has 0 bridgehead atoms. The van der Waals surface area contributed by atoms with Crippen LogP contribution in [-0.2, 0) is 9.53 Å². The van der Waals surface area contributed by atoms with Crippen molar-refractivity contribution in [1.29, 1.82) is 0 Å². The lowest BCUT2D eigenvalue weighted by atomic mass is 9.84. The van der Waals surface area contributed by atoms with Crippen molar-refractivity contribution in [3.63, 3.8) is 0 Å². The zero-order chi connectivity index (χ0) is 12.1. The molecule has 94 valence electrons. The Morgan fingerprint density at radius 3 is 2.56 bits per heavy atom. The average molecular weight is 227 g/mol. The highest BCUT2D eigenvalue weighted by Gasteiger charge is 2.29. The molecule has 0 amide bonds. The highest BCUT2D eigenvalue weighted by atomic mass is 16.5. The summed E-state index contributed by atoms with van der Waals surface area (Å²) in [5.74, 6) is 0.466. The topological polar surface area (TPSA) is 52.3 Å². The van der Waals surface area contributed by atoms with Crippen molar-refractivity contribution in [2.45, 2.75) is 65.0 Å². The quantitative estimate of drug-likeness (QED) is 0.751. The third kappa shape index (κ3) is 3.48. The Morgan fingerprint density at radius 1 is 1.38 bits per heavy atom. The van der Waals surface area contributed by atoms with E-state index in [9.17, 15) is 4.79 Å². The number of nitrogens with two attached hydrogens (primary N) is 1. The van der Waals surface area contributed by atoms with Crippen LogP contribution in [0.2, 0.25) is 0 Å². The molecule has 1 rings (SSSR count). The summed E-state index contributed by atoms with van der Waals surface area (Å²) >= 11 is 0. The van der Waals surface area contributed by atoms with Gasteiger partial charge in [-0.15, -0.1) is 0 Å². The number of ether oxygens (including phenoxy) is 1. The van der Waals surface area contributed by atoms with E-state index in [1.54, 1.807) is 0 Å². The van der Waals surface area contributed by atoms with Gasteiger partial charge in [-0.2, -0.15) is 0 Å². The molecular weight excluding hydrogens is 202 g/mol. The highest BCUT2D eigenvalue weighted by Crippen LogP contribution is 2.29. The molecule has 1 aliphatic carbocycles. The second kappa shape index (κ2) is 6.24. The maximum atomic E-state index is 11.8. The zero-order valence-electron chi connectivity index (χ0n) is 10.7. The fraction of sp³-hybridized carbons (Fsp3) is 0.923. The van der Waals surface area contributed by atoms with Crippen molar-refractivity contribution >= 4 is 5.97 Å². The second-order valence-electron chi connectivity index (χ2n) is 5.20. The molecule has 0 aromatic carbocycles. The molecule has 3 nitrogen and oxygen atoms in total. The molecular formula is C13H25NO2. The molecule has 3 atom stereocenters. The lowest BCUT2D eigenvalue weighted by Gasteiger charge is -2.31. The summed E-state index contributed by atoms with van der Waals surface area (Å²) in [5, 5.41) is 0. The molecule has 0 spiro atoms. The molecule has 0 saturated heterocycles. The van der Waals surface area contributed by atoms with E-state index in [1.807, 2.05) is 13.8 Å². The number of hydrogen-bond acceptors (Lipinski definition) is 3. The molecule has 1 aliphatic rings. The van der Waals surface area contributed by atoms with Crippen LogP contribution in [-0.4, -0.2) is 18.1 Å². The van der Waals surface area contributed by atoms with Crippen molar-refractivity contribution in [2.24, 2.45) is 17.6 Å². The summed E-state index contributed by atoms with van der Waals surface area (Å²) in [4.78, 5) is 11.8. The number of carbonyl (C=O) groups excluding carboxylic acids is 1. The Labute approximate surface area is 98.7 Å². The van der Waals surface area contributed by atoms with Crippen molar-refractivity contribution in [3.05, 3.63) is 0 Å². The Balaban J connectivity index is 2.48. The summed E-state index contributed by atoms with van der Waals surface area (Å²) in [6, 6.07) is -0.473. The maximum absolute atomic E-state index is 11.8. The Bertz CT molecular complexity index is 228. The molecule has 0 heterocycles. The first-order chi connectivity index (χ1) is 7.56. The normalized spacial score (nSPS) is 27.8. The average Bonchev–Trinajstić information content (AvgIpc) is 2.28. The standard InChI is InChI=1S/C13H25NO2/c1-4-10-7-5-6-8-11(10)16-13(15)12(14)9(2)3/h9-12H,4-8,14H2,1-3H3/t10?,11?,12-/m1/s1. The fourth-order valence-electron chi connectivity index (χ4n) is 2.30. The summed E-state index contributed by atoms with van der Waals surface area (Å²) in [6.07, 6.45) is 5.83. The molecule has 16 heavy (non-hydrogen) atoms. The number of esters is 1. The SMILES string of the molecule is CCC1CCCCC1OC(=O)[C@H](N)C(C)C. The van der Waals surface area contributed by atoms with Crippen LogP contribution in [0.4, 0.5) is 0 Å². The van der Waals surface area contributed by atoms with Gasteiger partial charge in [-0.25, -0.2) is 0 Å². The first kappa shape index (κ1) is 13.5. The van der Waals surface area contributed by atoms with Crippen LogP contribution < -0.4 is 5.73 Å². The monoisotopic (exact) mass is 227 g/mol. The van der Waals surface area contributed by atoms with E-state index in [0.717, 1.165) is 12.8 Å². The predicted octanol–water partition coefficient (Wildman–Crippen LogP) is 2.48. The van der Waals surface area contributed by atoms with E-state index in [0.29, 0.717) is 5.92 Å². The van der Waals surface area contributed by atoms with E-state index in [4.69, 9.17) is 10.5 Å². The van der Waals surface area contributed by atoms with E-state index < -0.39 is 6.04 Å². The van der Waals surface area contributed by atoms with Gasteiger partial charge in [0.2, 0.25) is 0 Å². The molecule has 1 fully saturated rings. The van der Waals surface area contributed by atoms with Gasteiger partial charge < -0.3 is 10.5 Å². The first-order valence-electron chi connectivity index (χ1n) is 6.52. The number of rotatable bonds is 4. The van der Waals surface area contributed by atoms with Gasteiger partial charge in [0.15, 0.2) is 0 Å². The van der Waals surface area contributed by atoms with Crippen molar-refractivity contribution in [1.82, 2.24) is 0 Å². The maximum Gasteiger partial charge on any atom is 0.323 e. The lowest BCUT2D eigenvalue weighted by molar-refractivity contribution is -0.156. The minimum atomic E-state index is -0.473. The van der Waals surface area contributed by atoms with Gasteiger partial charge in [0.05, 0.1) is 0 Å². The molecule has 2 unspecified atom stereocenters. The molecule has 0 aliphatic heterocycles. The molecule has 2 N–H and O–H groups in total. The first-order valence-corrected chi connectivity index (χ1v) is 6.52. The van der Waals surface area contributed by atoms with Crippen LogP contribution in [0.3, 0.4) is 0 Å². The number of carbonyl (C=O) groups is 1. The van der Waals surface area contributed by atoms with Gasteiger partial charge in [0.1, 0.15) is 12.1 Å². The summed E-state index contributed by atoms with van der Waals surface area (Å²) in [7, 11) is 0. The van der Waals surface area contributed by atoms with E-state index in [-0.39, 0.29) is 18.0 Å². The van der Waals surface area contributed by atoms with Crippen molar-refractivity contribution in [3.8, 4) is 0 Å². The van der Waals surface area contributed by atoms with Crippen LogP contribution in [0, 0.1) is 11.8 Å². The van der Waals surface area contributed by atoms with Crippen LogP contribution in [0.1, 0.15) is 52.9 Å². The third-order valence-electron chi connectivity index (χ3n) is 3.62. The third-order valence-corrected chi connectivity index (χ3v) is 3.62. The van der Waals surface area contributed by atoms with Crippen molar-refractivity contribution in [2.75, 3.05) is 0 Å². The second-order valence-corrected chi connectivity index (χ2v) is 5.20. The minimum absolute atomic E-state index is 0.107. The van der Waals surface area contributed by atoms with Crippen molar-refractivity contribution < 1.29 is 9.53 Å². The Kier molecular flexibility index (Phi) is 5.26. The van der Waals surface area contributed by atoms with Gasteiger partial charge >= 0.3 is 5.97 Å². The lowest BCUT2D eigenvalue weighted by Crippen LogP contribution is -2.41. The van der Waals surface area contributed by atoms with Gasteiger partial charge in [-0.05, 0) is 37.5 Å². The molecule has 0 aromatic heterocycles. The van der Waals surface area contributed by atoms with E-state index in [1.165, 1.54) is 19.3 Å². The molecule has 1 saturated carbocycles. The predicted molar refractivity (Wildman–Crippen MR) is 64.9 cm³/mol. The minimum Gasteiger partial charge on any atom is -0.461 e. The van der Waals surface area contributed by atoms with Gasteiger partial charge in [-0.3, -0.25) is 4.79 Å². The molecule has 0 aromatic rings. The van der Waals surface area contributed by atoms with Crippen LogP contribution in [0.15, 0.2) is 0 Å². The largest absolute Gasteiger partial charge is 0.461 e. The zero-order valence-corrected chi connectivity index (χ0v) is 10.7. The smallest absolute Gasteiger partial charge is 0.323 e. The van der Waals surface area contributed by atoms with E-state index >= 15 is 0 Å². The van der Waals surface area contributed by atoms with Gasteiger partial charge in [0, 0.05) is 0 Å². The van der Waals surface area contributed by atoms with E-state index in [2.05, 4.69) is 6.92 Å². The van der Waals surface area contributed by atoms with Gasteiger partial charge in [-0.1, -0.05) is 27.2 Å². The summed E-state index contributed by atoms with van der Waals surface area (Å²) in [5.41, 5.74) is 5.79. The molecule has 0 radical (unpaired) electrons. The summed E-state index contributed by atoms with van der Waals surface area (Å²) in [6.45, 7) is 6.06. The Morgan fingerprint density at radius 2 is 2.00 bits per heavy atom.